The Labute approximate surface area is 100 Å². The number of hydrogen-bond acceptors (Lipinski definition) is 3. The number of hydrogen-bond donors (Lipinski definition) is 2. The van der Waals surface area contributed by atoms with Gasteiger partial charge in [-0.2, -0.15) is 16.9 Å². The average molecular weight is 235 g/mol. The van der Waals surface area contributed by atoms with Crippen molar-refractivity contribution >= 4 is 22.7 Å². The number of rotatable bonds is 6. The van der Waals surface area contributed by atoms with E-state index in [1.807, 2.05) is 18.0 Å². The van der Waals surface area contributed by atoms with Gasteiger partial charge in [-0.25, -0.2) is 0 Å². The highest BCUT2D eigenvalue weighted by Gasteiger charge is 2.01. The molecule has 0 spiro atoms. The maximum absolute atomic E-state index is 4.06. The van der Waals surface area contributed by atoms with Crippen LogP contribution in [0.3, 0.4) is 0 Å². The van der Waals surface area contributed by atoms with E-state index >= 15 is 0 Å². The van der Waals surface area contributed by atoms with E-state index in [1.54, 1.807) is 0 Å². The van der Waals surface area contributed by atoms with Crippen molar-refractivity contribution in [2.45, 2.75) is 13.0 Å². The highest BCUT2D eigenvalue weighted by molar-refractivity contribution is 7.98. The smallest absolute Gasteiger partial charge is 0.0695 e. The van der Waals surface area contributed by atoms with Crippen LogP contribution in [0.2, 0.25) is 0 Å². The number of fused-ring (bicyclic) bond motifs is 1. The molecule has 2 aromatic rings. The van der Waals surface area contributed by atoms with Crippen LogP contribution in [-0.4, -0.2) is 28.8 Å². The average Bonchev–Trinajstić information content (AvgIpc) is 2.77. The van der Waals surface area contributed by atoms with E-state index in [0.717, 1.165) is 18.6 Å². The molecule has 0 fully saturated rings. The lowest BCUT2D eigenvalue weighted by molar-refractivity contribution is 0.681. The molecule has 0 aliphatic heterocycles. The fourth-order valence-corrected chi connectivity index (χ4v) is 2.18. The third-order valence-electron chi connectivity index (χ3n) is 2.58. The van der Waals surface area contributed by atoms with Crippen molar-refractivity contribution in [1.82, 2.24) is 15.5 Å². The van der Waals surface area contributed by atoms with Crippen molar-refractivity contribution in [1.29, 1.82) is 0 Å². The lowest BCUT2D eigenvalue weighted by atomic mass is 10.1. The molecule has 0 atom stereocenters. The molecule has 3 nitrogen and oxygen atoms in total. The van der Waals surface area contributed by atoms with Gasteiger partial charge in [0.15, 0.2) is 0 Å². The molecule has 16 heavy (non-hydrogen) atoms. The second-order valence-corrected chi connectivity index (χ2v) is 4.76. The minimum Gasteiger partial charge on any atom is -0.313 e. The Kier molecular flexibility index (Phi) is 4.25. The van der Waals surface area contributed by atoms with Gasteiger partial charge in [-0.1, -0.05) is 18.2 Å². The standard InChI is InChI=1S/C12H17N3S/c1-16-7-3-6-13-8-10-4-2-5-11-9-14-15-12(10)11/h2,4-5,9,13H,3,6-8H2,1H3,(H,14,15). The fourth-order valence-electron chi connectivity index (χ4n) is 1.74. The number of aromatic amines is 1. The van der Waals surface area contributed by atoms with Gasteiger partial charge in [0.2, 0.25) is 0 Å². The highest BCUT2D eigenvalue weighted by atomic mass is 32.2. The van der Waals surface area contributed by atoms with Crippen molar-refractivity contribution in [2.75, 3.05) is 18.6 Å². The zero-order chi connectivity index (χ0) is 11.2. The molecule has 0 bridgehead atoms. The van der Waals surface area contributed by atoms with E-state index in [1.165, 1.54) is 23.1 Å². The van der Waals surface area contributed by atoms with Crippen LogP contribution in [0.25, 0.3) is 10.9 Å². The van der Waals surface area contributed by atoms with E-state index in [0.29, 0.717) is 0 Å². The van der Waals surface area contributed by atoms with Gasteiger partial charge in [-0.05, 0) is 30.5 Å². The van der Waals surface area contributed by atoms with E-state index in [-0.39, 0.29) is 0 Å². The van der Waals surface area contributed by atoms with E-state index in [4.69, 9.17) is 0 Å². The first-order valence-corrected chi connectivity index (χ1v) is 6.92. The topological polar surface area (TPSA) is 40.7 Å². The summed E-state index contributed by atoms with van der Waals surface area (Å²) in [5.41, 5.74) is 2.44. The molecule has 1 heterocycles. The number of aromatic nitrogens is 2. The second-order valence-electron chi connectivity index (χ2n) is 3.77. The lowest BCUT2D eigenvalue weighted by Crippen LogP contribution is -2.15. The van der Waals surface area contributed by atoms with Crippen molar-refractivity contribution in [2.24, 2.45) is 0 Å². The van der Waals surface area contributed by atoms with E-state index < -0.39 is 0 Å². The Bertz CT molecular complexity index is 439. The first-order valence-electron chi connectivity index (χ1n) is 5.52. The van der Waals surface area contributed by atoms with Crippen LogP contribution in [-0.2, 0) is 6.54 Å². The predicted octanol–water partition coefficient (Wildman–Crippen LogP) is 2.41. The molecule has 0 saturated heterocycles. The van der Waals surface area contributed by atoms with Crippen LogP contribution < -0.4 is 5.32 Å². The minimum absolute atomic E-state index is 0.911. The molecule has 0 aliphatic rings. The number of thioether (sulfide) groups is 1. The van der Waals surface area contributed by atoms with Gasteiger partial charge in [0.05, 0.1) is 11.7 Å². The minimum atomic E-state index is 0.911. The Hall–Kier alpha value is -1.00. The second kappa shape index (κ2) is 5.92. The van der Waals surface area contributed by atoms with Crippen molar-refractivity contribution < 1.29 is 0 Å². The number of benzene rings is 1. The predicted molar refractivity (Wildman–Crippen MR) is 70.8 cm³/mol. The van der Waals surface area contributed by atoms with Gasteiger partial charge in [0.1, 0.15) is 0 Å². The molecule has 0 amide bonds. The molecular weight excluding hydrogens is 218 g/mol. The molecule has 0 aliphatic carbocycles. The van der Waals surface area contributed by atoms with E-state index in [9.17, 15) is 0 Å². The number of H-pyrrole nitrogens is 1. The van der Waals surface area contributed by atoms with Crippen LogP contribution in [0.4, 0.5) is 0 Å². The largest absolute Gasteiger partial charge is 0.313 e. The molecule has 0 saturated carbocycles. The summed E-state index contributed by atoms with van der Waals surface area (Å²) in [5.74, 6) is 1.22. The van der Waals surface area contributed by atoms with Crippen molar-refractivity contribution in [3.8, 4) is 0 Å². The van der Waals surface area contributed by atoms with Gasteiger partial charge >= 0.3 is 0 Å². The van der Waals surface area contributed by atoms with Gasteiger partial charge in [-0.15, -0.1) is 0 Å². The molecule has 86 valence electrons. The van der Waals surface area contributed by atoms with Crippen LogP contribution in [0.15, 0.2) is 24.4 Å². The quantitative estimate of drug-likeness (QED) is 0.755. The molecule has 0 unspecified atom stereocenters. The van der Waals surface area contributed by atoms with Crippen LogP contribution >= 0.6 is 11.8 Å². The van der Waals surface area contributed by atoms with Crippen LogP contribution in [0.1, 0.15) is 12.0 Å². The van der Waals surface area contributed by atoms with Crippen LogP contribution in [0, 0.1) is 0 Å². The monoisotopic (exact) mass is 235 g/mol. The summed E-state index contributed by atoms with van der Waals surface area (Å²) in [5, 5.41) is 11.8. The molecule has 4 heteroatoms. The van der Waals surface area contributed by atoms with Crippen LogP contribution in [0.5, 0.6) is 0 Å². The molecular formula is C12H17N3S. The SMILES string of the molecule is CSCCCNCc1cccc2cn[nH]c12. The zero-order valence-corrected chi connectivity index (χ0v) is 10.3. The number of nitrogens with one attached hydrogen (secondary N) is 2. The molecule has 1 aromatic heterocycles. The summed E-state index contributed by atoms with van der Waals surface area (Å²) in [4.78, 5) is 0. The van der Waals surface area contributed by atoms with Gasteiger partial charge in [-0.3, -0.25) is 5.10 Å². The van der Waals surface area contributed by atoms with Crippen molar-refractivity contribution in [3.05, 3.63) is 30.0 Å². The number of para-hydroxylation sites is 1. The summed E-state index contributed by atoms with van der Waals surface area (Å²) < 4.78 is 0. The van der Waals surface area contributed by atoms with Gasteiger partial charge < -0.3 is 5.32 Å². The first-order chi connectivity index (χ1) is 7.92. The van der Waals surface area contributed by atoms with E-state index in [2.05, 4.69) is 40.0 Å². The lowest BCUT2D eigenvalue weighted by Gasteiger charge is -2.05. The third kappa shape index (κ3) is 2.77. The zero-order valence-electron chi connectivity index (χ0n) is 9.49. The fraction of sp³-hybridized carbons (Fsp3) is 0.417. The van der Waals surface area contributed by atoms with Crippen molar-refractivity contribution in [3.63, 3.8) is 0 Å². The molecule has 2 N–H and O–H groups in total. The normalized spacial score (nSPS) is 11.1. The number of nitrogens with zero attached hydrogens (tertiary/aromatic N) is 1. The Balaban J connectivity index is 1.91. The Morgan fingerprint density at radius 1 is 1.44 bits per heavy atom. The molecule has 0 radical (unpaired) electrons. The maximum atomic E-state index is 4.06. The maximum Gasteiger partial charge on any atom is 0.0695 e. The third-order valence-corrected chi connectivity index (χ3v) is 3.28. The Morgan fingerprint density at radius 3 is 3.25 bits per heavy atom. The highest BCUT2D eigenvalue weighted by Crippen LogP contribution is 2.15. The summed E-state index contributed by atoms with van der Waals surface area (Å²) in [6.45, 7) is 1.99. The summed E-state index contributed by atoms with van der Waals surface area (Å²) >= 11 is 1.90. The summed E-state index contributed by atoms with van der Waals surface area (Å²) in [6, 6.07) is 6.30. The molecule has 2 rings (SSSR count). The summed E-state index contributed by atoms with van der Waals surface area (Å²) in [7, 11) is 0. The summed E-state index contributed by atoms with van der Waals surface area (Å²) in [6.07, 6.45) is 5.23. The Morgan fingerprint density at radius 2 is 2.38 bits per heavy atom. The van der Waals surface area contributed by atoms with Gasteiger partial charge in [0.25, 0.3) is 0 Å². The first kappa shape index (κ1) is 11.5. The molecule has 1 aromatic carbocycles. The van der Waals surface area contributed by atoms with Gasteiger partial charge in [0, 0.05) is 11.9 Å².